The highest BCUT2D eigenvalue weighted by molar-refractivity contribution is 5.80. The van der Waals surface area contributed by atoms with E-state index in [1.165, 1.54) is 36.0 Å². The molecule has 0 radical (unpaired) electrons. The van der Waals surface area contributed by atoms with E-state index in [1.807, 2.05) is 9.80 Å². The molecule has 1 N–H and O–H groups in total. The number of urea groups is 1. The zero-order valence-corrected chi connectivity index (χ0v) is 17.1. The van der Waals surface area contributed by atoms with E-state index in [0.29, 0.717) is 19.0 Å². The summed E-state index contributed by atoms with van der Waals surface area (Å²) < 4.78 is 0. The molecule has 1 atom stereocenters. The van der Waals surface area contributed by atoms with Gasteiger partial charge in [-0.15, -0.1) is 0 Å². The number of piperidine rings is 1. The molecular formula is C23H33N3O2. The van der Waals surface area contributed by atoms with Crippen LogP contribution in [0.3, 0.4) is 0 Å². The number of aryl methyl sites for hydroxylation is 2. The third kappa shape index (κ3) is 4.18. The molecule has 28 heavy (non-hydrogen) atoms. The van der Waals surface area contributed by atoms with Crippen LogP contribution in [-0.4, -0.2) is 47.9 Å². The number of amides is 3. The van der Waals surface area contributed by atoms with Crippen molar-refractivity contribution in [3.63, 3.8) is 0 Å². The molecule has 1 aliphatic carbocycles. The van der Waals surface area contributed by atoms with E-state index in [2.05, 4.69) is 30.4 Å². The highest BCUT2D eigenvalue weighted by Gasteiger charge is 2.31. The Morgan fingerprint density at radius 1 is 0.929 bits per heavy atom. The second kappa shape index (κ2) is 8.54. The molecule has 1 aromatic carbocycles. The average Bonchev–Trinajstić information content (AvgIpc) is 3.28. The van der Waals surface area contributed by atoms with Gasteiger partial charge in [0.2, 0.25) is 5.91 Å². The SMILES string of the molecule is CC(NC(=O)N1CCC(C(=O)N2CCCC2)CC1)c1ccc2c(c1)CCCC2. The van der Waals surface area contributed by atoms with Crippen molar-refractivity contribution < 1.29 is 9.59 Å². The third-order valence-electron chi connectivity index (χ3n) is 6.76. The summed E-state index contributed by atoms with van der Waals surface area (Å²) in [5.41, 5.74) is 4.11. The Hall–Kier alpha value is -2.04. The molecule has 0 bridgehead atoms. The first kappa shape index (κ1) is 19.3. The lowest BCUT2D eigenvalue weighted by Gasteiger charge is -2.34. The quantitative estimate of drug-likeness (QED) is 0.866. The molecule has 3 amide bonds. The number of nitrogens with one attached hydrogen (secondary N) is 1. The summed E-state index contributed by atoms with van der Waals surface area (Å²) in [4.78, 5) is 29.2. The van der Waals surface area contributed by atoms with Gasteiger partial charge in [-0.1, -0.05) is 18.2 Å². The van der Waals surface area contributed by atoms with Crippen molar-refractivity contribution in [3.8, 4) is 0 Å². The van der Waals surface area contributed by atoms with Gasteiger partial charge in [-0.3, -0.25) is 4.79 Å². The maximum absolute atomic E-state index is 12.7. The Kier molecular flexibility index (Phi) is 5.88. The van der Waals surface area contributed by atoms with E-state index < -0.39 is 0 Å². The van der Waals surface area contributed by atoms with E-state index >= 15 is 0 Å². The zero-order valence-electron chi connectivity index (χ0n) is 17.1. The van der Waals surface area contributed by atoms with Gasteiger partial charge in [0.1, 0.15) is 0 Å². The smallest absolute Gasteiger partial charge is 0.317 e. The molecular weight excluding hydrogens is 350 g/mol. The minimum Gasteiger partial charge on any atom is -0.342 e. The molecule has 0 spiro atoms. The number of benzene rings is 1. The van der Waals surface area contributed by atoms with Crippen LogP contribution in [0.5, 0.6) is 0 Å². The Labute approximate surface area is 168 Å². The summed E-state index contributed by atoms with van der Waals surface area (Å²) in [6, 6.07) is 6.68. The Bertz CT molecular complexity index is 719. The molecule has 5 nitrogen and oxygen atoms in total. The first-order chi connectivity index (χ1) is 13.6. The van der Waals surface area contributed by atoms with E-state index in [4.69, 9.17) is 0 Å². The molecule has 3 aliphatic rings. The number of rotatable bonds is 3. The molecule has 2 heterocycles. The van der Waals surface area contributed by atoms with Gasteiger partial charge < -0.3 is 15.1 Å². The minimum atomic E-state index is -0.00251. The molecule has 2 fully saturated rings. The van der Waals surface area contributed by atoms with Gasteiger partial charge in [-0.2, -0.15) is 0 Å². The normalized spacial score (nSPS) is 21.3. The van der Waals surface area contributed by atoms with Gasteiger partial charge in [0.15, 0.2) is 0 Å². The predicted octanol–water partition coefficient (Wildman–Crippen LogP) is 3.67. The summed E-state index contributed by atoms with van der Waals surface area (Å²) in [5, 5.41) is 3.16. The van der Waals surface area contributed by atoms with Crippen LogP contribution in [0.4, 0.5) is 4.79 Å². The van der Waals surface area contributed by atoms with Crippen LogP contribution in [0, 0.1) is 5.92 Å². The monoisotopic (exact) mass is 383 g/mol. The number of carbonyl (C=O) groups excluding carboxylic acids is 2. The summed E-state index contributed by atoms with van der Waals surface area (Å²) in [7, 11) is 0. The molecule has 1 aromatic rings. The van der Waals surface area contributed by atoms with Crippen LogP contribution in [0.1, 0.15) is 68.2 Å². The van der Waals surface area contributed by atoms with Crippen molar-refractivity contribution in [2.75, 3.05) is 26.2 Å². The molecule has 0 saturated carbocycles. The van der Waals surface area contributed by atoms with Crippen LogP contribution < -0.4 is 5.32 Å². The maximum atomic E-state index is 12.7. The highest BCUT2D eigenvalue weighted by atomic mass is 16.2. The van der Waals surface area contributed by atoms with Crippen molar-refractivity contribution in [1.29, 1.82) is 0 Å². The average molecular weight is 384 g/mol. The molecule has 1 unspecified atom stereocenters. The lowest BCUT2D eigenvalue weighted by atomic mass is 9.89. The van der Waals surface area contributed by atoms with Crippen molar-refractivity contribution in [2.45, 2.75) is 64.3 Å². The first-order valence-corrected chi connectivity index (χ1v) is 11.1. The van der Waals surface area contributed by atoms with Crippen LogP contribution in [0.2, 0.25) is 0 Å². The number of hydrogen-bond acceptors (Lipinski definition) is 2. The minimum absolute atomic E-state index is 0.00251. The molecule has 0 aromatic heterocycles. The predicted molar refractivity (Wildman–Crippen MR) is 110 cm³/mol. The van der Waals surface area contributed by atoms with Crippen LogP contribution in [-0.2, 0) is 17.6 Å². The van der Waals surface area contributed by atoms with Crippen LogP contribution in [0.15, 0.2) is 18.2 Å². The molecule has 5 heteroatoms. The molecule has 2 aliphatic heterocycles. The fourth-order valence-corrected chi connectivity index (χ4v) is 4.91. The summed E-state index contributed by atoms with van der Waals surface area (Å²) in [6.45, 7) is 5.24. The van der Waals surface area contributed by atoms with Gasteiger partial charge in [-0.05, 0) is 75.0 Å². The molecule has 152 valence electrons. The second-order valence-corrected chi connectivity index (χ2v) is 8.70. The van der Waals surface area contributed by atoms with E-state index in [-0.39, 0.29) is 18.0 Å². The fourth-order valence-electron chi connectivity index (χ4n) is 4.91. The largest absolute Gasteiger partial charge is 0.342 e. The Balaban J connectivity index is 1.29. The Morgan fingerprint density at radius 3 is 2.32 bits per heavy atom. The highest BCUT2D eigenvalue weighted by Crippen LogP contribution is 2.26. The van der Waals surface area contributed by atoms with Crippen LogP contribution in [0.25, 0.3) is 0 Å². The van der Waals surface area contributed by atoms with E-state index in [1.54, 1.807) is 0 Å². The van der Waals surface area contributed by atoms with Crippen molar-refractivity contribution in [3.05, 3.63) is 34.9 Å². The topological polar surface area (TPSA) is 52.7 Å². The van der Waals surface area contributed by atoms with Crippen molar-refractivity contribution in [2.24, 2.45) is 5.92 Å². The van der Waals surface area contributed by atoms with Gasteiger partial charge in [0, 0.05) is 32.1 Å². The zero-order chi connectivity index (χ0) is 19.5. The summed E-state index contributed by atoms with van der Waals surface area (Å²) in [5.74, 6) is 0.403. The number of carbonyl (C=O) groups is 2. The third-order valence-corrected chi connectivity index (χ3v) is 6.76. The van der Waals surface area contributed by atoms with Gasteiger partial charge in [0.25, 0.3) is 0 Å². The fraction of sp³-hybridized carbons (Fsp3) is 0.652. The summed E-state index contributed by atoms with van der Waals surface area (Å²) in [6.07, 6.45) is 8.73. The van der Waals surface area contributed by atoms with Gasteiger partial charge >= 0.3 is 6.03 Å². The van der Waals surface area contributed by atoms with E-state index in [0.717, 1.165) is 45.2 Å². The lowest BCUT2D eigenvalue weighted by molar-refractivity contribution is -0.135. The number of nitrogens with zero attached hydrogens (tertiary/aromatic N) is 2. The van der Waals surface area contributed by atoms with Crippen LogP contribution >= 0.6 is 0 Å². The Morgan fingerprint density at radius 2 is 1.61 bits per heavy atom. The number of hydrogen-bond donors (Lipinski definition) is 1. The first-order valence-electron chi connectivity index (χ1n) is 11.1. The standard InChI is InChI=1S/C23H33N3O2/c1-17(20-9-8-18-6-2-3-7-21(18)16-20)24-23(28)26-14-10-19(11-15-26)22(27)25-12-4-5-13-25/h8-9,16-17,19H,2-7,10-15H2,1H3,(H,24,28). The summed E-state index contributed by atoms with van der Waals surface area (Å²) >= 11 is 0. The second-order valence-electron chi connectivity index (χ2n) is 8.70. The maximum Gasteiger partial charge on any atom is 0.317 e. The lowest BCUT2D eigenvalue weighted by Crippen LogP contribution is -2.47. The van der Waals surface area contributed by atoms with Gasteiger partial charge in [0.05, 0.1) is 6.04 Å². The van der Waals surface area contributed by atoms with Crippen molar-refractivity contribution in [1.82, 2.24) is 15.1 Å². The number of likely N-dealkylation sites (tertiary alicyclic amines) is 2. The van der Waals surface area contributed by atoms with Crippen molar-refractivity contribution >= 4 is 11.9 Å². The van der Waals surface area contributed by atoms with Gasteiger partial charge in [-0.25, -0.2) is 4.79 Å². The molecule has 2 saturated heterocycles. The van der Waals surface area contributed by atoms with E-state index in [9.17, 15) is 9.59 Å². The molecule has 4 rings (SSSR count). The number of fused-ring (bicyclic) bond motifs is 1.